The van der Waals surface area contributed by atoms with Crippen molar-refractivity contribution in [1.82, 2.24) is 10.6 Å². The third kappa shape index (κ3) is 2.58. The quantitative estimate of drug-likeness (QED) is 0.814. The van der Waals surface area contributed by atoms with Gasteiger partial charge in [-0.05, 0) is 101 Å². The highest BCUT2D eigenvalue weighted by Crippen LogP contribution is 2.57. The van der Waals surface area contributed by atoms with E-state index < -0.39 is 0 Å². The molecule has 2 nitrogen and oxygen atoms in total. The van der Waals surface area contributed by atoms with Crippen LogP contribution in [0, 0.1) is 29.6 Å². The van der Waals surface area contributed by atoms with Crippen LogP contribution in [0.1, 0.15) is 51.4 Å². The van der Waals surface area contributed by atoms with Gasteiger partial charge in [-0.25, -0.2) is 0 Å². The standard InChI is InChI=1S/C17H30N2/c1-4-18-5-2-16(1)19-6-3-17-14-8-12-7-13(10-14)11-15(17)9-12/h12-19H,1-11H2. The van der Waals surface area contributed by atoms with Gasteiger partial charge in [-0.1, -0.05) is 0 Å². The first-order valence-electron chi connectivity index (χ1n) is 8.82. The van der Waals surface area contributed by atoms with Crippen LogP contribution in [-0.4, -0.2) is 25.7 Å². The predicted octanol–water partition coefficient (Wildman–Crippen LogP) is 2.79. The fourth-order valence-electron chi connectivity index (χ4n) is 5.99. The van der Waals surface area contributed by atoms with E-state index in [4.69, 9.17) is 0 Å². The smallest absolute Gasteiger partial charge is 0.00912 e. The molecule has 0 aromatic carbocycles. The van der Waals surface area contributed by atoms with Crippen molar-refractivity contribution < 1.29 is 0 Å². The first-order valence-corrected chi connectivity index (χ1v) is 8.82. The lowest BCUT2D eigenvalue weighted by Crippen LogP contribution is -2.46. The first-order chi connectivity index (χ1) is 9.38. The van der Waals surface area contributed by atoms with Gasteiger partial charge >= 0.3 is 0 Å². The Morgan fingerprint density at radius 2 is 1.47 bits per heavy atom. The van der Waals surface area contributed by atoms with Gasteiger partial charge in [-0.2, -0.15) is 0 Å². The summed E-state index contributed by atoms with van der Waals surface area (Å²) in [6.45, 7) is 3.73. The fourth-order valence-corrected chi connectivity index (χ4v) is 5.99. The molecular weight excluding hydrogens is 232 g/mol. The molecule has 0 aromatic rings. The summed E-state index contributed by atoms with van der Waals surface area (Å²) in [6, 6.07) is 0.804. The summed E-state index contributed by atoms with van der Waals surface area (Å²) in [7, 11) is 0. The van der Waals surface area contributed by atoms with Crippen molar-refractivity contribution in [1.29, 1.82) is 0 Å². The zero-order valence-corrected chi connectivity index (χ0v) is 12.2. The van der Waals surface area contributed by atoms with Crippen LogP contribution in [0.15, 0.2) is 0 Å². The maximum Gasteiger partial charge on any atom is 0.00912 e. The minimum atomic E-state index is 0.804. The molecule has 5 rings (SSSR count). The van der Waals surface area contributed by atoms with E-state index in [9.17, 15) is 0 Å². The van der Waals surface area contributed by atoms with Gasteiger partial charge in [0.25, 0.3) is 0 Å². The lowest BCUT2D eigenvalue weighted by atomic mass is 9.51. The van der Waals surface area contributed by atoms with E-state index in [-0.39, 0.29) is 0 Å². The first kappa shape index (κ1) is 12.6. The fraction of sp³-hybridized carbons (Fsp3) is 1.00. The van der Waals surface area contributed by atoms with Gasteiger partial charge in [0.1, 0.15) is 0 Å². The van der Waals surface area contributed by atoms with E-state index >= 15 is 0 Å². The molecule has 5 fully saturated rings. The normalized spacial score (nSPS) is 45.8. The second kappa shape index (κ2) is 5.37. The van der Waals surface area contributed by atoms with Crippen LogP contribution in [0.2, 0.25) is 0 Å². The van der Waals surface area contributed by atoms with Gasteiger partial charge in [0.15, 0.2) is 0 Å². The summed E-state index contributed by atoms with van der Waals surface area (Å²) >= 11 is 0. The molecular formula is C17H30N2. The molecule has 1 saturated heterocycles. The molecule has 5 aliphatic rings. The number of rotatable bonds is 4. The van der Waals surface area contributed by atoms with Crippen LogP contribution in [0.4, 0.5) is 0 Å². The topological polar surface area (TPSA) is 24.1 Å². The summed E-state index contributed by atoms with van der Waals surface area (Å²) in [5.74, 6) is 5.59. The minimum absolute atomic E-state index is 0.804. The van der Waals surface area contributed by atoms with Gasteiger partial charge in [-0.15, -0.1) is 0 Å². The average Bonchev–Trinajstić information content (AvgIpc) is 2.42. The molecule has 0 aromatic heterocycles. The molecule has 4 aliphatic carbocycles. The third-order valence-corrected chi connectivity index (χ3v) is 6.67. The second-order valence-electron chi connectivity index (χ2n) is 7.86. The van der Waals surface area contributed by atoms with E-state index in [0.29, 0.717) is 0 Å². The zero-order valence-electron chi connectivity index (χ0n) is 12.2. The highest BCUT2D eigenvalue weighted by molar-refractivity contribution is 4.98. The van der Waals surface area contributed by atoms with E-state index in [1.54, 1.807) is 32.1 Å². The van der Waals surface area contributed by atoms with Gasteiger partial charge in [-0.3, -0.25) is 0 Å². The van der Waals surface area contributed by atoms with Crippen molar-refractivity contribution in [3.8, 4) is 0 Å². The maximum absolute atomic E-state index is 3.84. The molecule has 1 aliphatic heterocycles. The zero-order chi connectivity index (χ0) is 12.7. The van der Waals surface area contributed by atoms with Gasteiger partial charge < -0.3 is 10.6 Å². The highest BCUT2D eigenvalue weighted by atomic mass is 15.0. The molecule has 4 saturated carbocycles. The van der Waals surface area contributed by atoms with Crippen LogP contribution < -0.4 is 10.6 Å². The summed E-state index contributed by atoms with van der Waals surface area (Å²) < 4.78 is 0. The molecule has 19 heavy (non-hydrogen) atoms. The van der Waals surface area contributed by atoms with Crippen molar-refractivity contribution in [2.24, 2.45) is 29.6 Å². The molecule has 108 valence electrons. The molecule has 0 radical (unpaired) electrons. The van der Waals surface area contributed by atoms with Crippen molar-refractivity contribution in [3.05, 3.63) is 0 Å². The molecule has 0 spiro atoms. The van der Waals surface area contributed by atoms with Gasteiger partial charge in [0.05, 0.1) is 0 Å². The largest absolute Gasteiger partial charge is 0.317 e. The summed E-state index contributed by atoms with van der Waals surface area (Å²) in [4.78, 5) is 0. The average molecular weight is 262 g/mol. The molecule has 2 N–H and O–H groups in total. The van der Waals surface area contributed by atoms with Crippen LogP contribution in [0.5, 0.6) is 0 Å². The summed E-state index contributed by atoms with van der Waals surface area (Å²) in [5, 5.41) is 7.30. The van der Waals surface area contributed by atoms with Crippen molar-refractivity contribution in [3.63, 3.8) is 0 Å². The number of hydrogen-bond acceptors (Lipinski definition) is 2. The Bertz CT molecular complexity index is 280. The predicted molar refractivity (Wildman–Crippen MR) is 79.0 cm³/mol. The Morgan fingerprint density at radius 1 is 0.842 bits per heavy atom. The van der Waals surface area contributed by atoms with Crippen LogP contribution >= 0.6 is 0 Å². The third-order valence-electron chi connectivity index (χ3n) is 6.67. The van der Waals surface area contributed by atoms with Gasteiger partial charge in [0.2, 0.25) is 0 Å². The van der Waals surface area contributed by atoms with E-state index in [1.165, 1.54) is 38.9 Å². The number of piperidine rings is 1. The minimum Gasteiger partial charge on any atom is -0.317 e. The van der Waals surface area contributed by atoms with E-state index in [0.717, 1.165) is 35.6 Å². The van der Waals surface area contributed by atoms with Crippen molar-refractivity contribution in [2.75, 3.05) is 19.6 Å². The lowest BCUT2D eigenvalue weighted by molar-refractivity contribution is -0.0395. The highest BCUT2D eigenvalue weighted by Gasteiger charge is 2.47. The Hall–Kier alpha value is -0.0800. The molecule has 2 heteroatoms. The molecule has 0 atom stereocenters. The molecule has 4 bridgehead atoms. The Morgan fingerprint density at radius 3 is 2.11 bits per heavy atom. The van der Waals surface area contributed by atoms with Crippen LogP contribution in [0.3, 0.4) is 0 Å². The summed E-state index contributed by atoms with van der Waals surface area (Å²) in [6.07, 6.45) is 12.1. The number of nitrogens with one attached hydrogen (secondary N) is 2. The molecule has 0 unspecified atom stereocenters. The Kier molecular flexibility index (Phi) is 3.57. The molecule has 1 heterocycles. The van der Waals surface area contributed by atoms with Crippen molar-refractivity contribution >= 4 is 0 Å². The van der Waals surface area contributed by atoms with Gasteiger partial charge in [0, 0.05) is 6.04 Å². The second-order valence-corrected chi connectivity index (χ2v) is 7.86. The Labute approximate surface area is 118 Å². The lowest BCUT2D eigenvalue weighted by Gasteiger charge is -2.54. The molecule has 0 amide bonds. The van der Waals surface area contributed by atoms with Crippen LogP contribution in [0.25, 0.3) is 0 Å². The summed E-state index contributed by atoms with van der Waals surface area (Å²) in [5.41, 5.74) is 0. The maximum atomic E-state index is 3.84. The van der Waals surface area contributed by atoms with Crippen molar-refractivity contribution in [2.45, 2.75) is 57.4 Å². The SMILES string of the molecule is C1CC(NCCC2C3CC4CC(C3)CC2C4)CCN1. The van der Waals surface area contributed by atoms with Crippen LogP contribution in [-0.2, 0) is 0 Å². The van der Waals surface area contributed by atoms with E-state index in [1.807, 2.05) is 0 Å². The number of hydrogen-bond donors (Lipinski definition) is 2. The monoisotopic (exact) mass is 262 g/mol. The van der Waals surface area contributed by atoms with E-state index in [2.05, 4.69) is 10.6 Å². The Balaban J connectivity index is 1.26.